The summed E-state index contributed by atoms with van der Waals surface area (Å²) in [7, 11) is 0. The highest BCUT2D eigenvalue weighted by atomic mass is 16.3. The van der Waals surface area contributed by atoms with Gasteiger partial charge in [-0.3, -0.25) is 0 Å². The summed E-state index contributed by atoms with van der Waals surface area (Å²) in [6, 6.07) is 0. The molecule has 0 bridgehead atoms. The van der Waals surface area contributed by atoms with Crippen molar-refractivity contribution in [1.29, 1.82) is 0 Å². The zero-order chi connectivity index (χ0) is 22.7. The zero-order valence-corrected chi connectivity index (χ0v) is 21.9. The normalized spacial score (nSPS) is 55.2. The number of rotatable bonds is 0. The lowest BCUT2D eigenvalue weighted by molar-refractivity contribution is -0.202. The third-order valence-corrected chi connectivity index (χ3v) is 13.0. The molecule has 0 spiro atoms. The number of allylic oxidation sites excluding steroid dienone is 2. The van der Waals surface area contributed by atoms with Crippen LogP contribution in [0.1, 0.15) is 120 Å². The smallest absolute Gasteiger partial charge is 0.0594 e. The number of hydrogen-bond donors (Lipinski definition) is 1. The van der Waals surface area contributed by atoms with Crippen molar-refractivity contribution in [2.45, 2.75) is 126 Å². The average Bonchev–Trinajstić information content (AvgIpc) is 2.67. The van der Waals surface area contributed by atoms with Gasteiger partial charge < -0.3 is 5.11 Å². The van der Waals surface area contributed by atoms with E-state index >= 15 is 0 Å². The van der Waals surface area contributed by atoms with E-state index in [1.54, 1.807) is 0 Å². The van der Waals surface area contributed by atoms with Crippen molar-refractivity contribution in [3.05, 3.63) is 11.6 Å². The van der Waals surface area contributed by atoms with E-state index in [-0.39, 0.29) is 11.5 Å². The van der Waals surface area contributed by atoms with E-state index in [0.29, 0.717) is 33.0 Å². The number of aliphatic hydroxyl groups is 1. The summed E-state index contributed by atoms with van der Waals surface area (Å²) in [5, 5.41) is 10.9. The molecule has 4 saturated carbocycles. The maximum atomic E-state index is 10.9. The quantitative estimate of drug-likeness (QED) is 0.387. The molecule has 0 saturated heterocycles. The molecule has 0 aliphatic heterocycles. The van der Waals surface area contributed by atoms with Crippen molar-refractivity contribution < 1.29 is 5.11 Å². The van der Waals surface area contributed by atoms with Crippen LogP contribution in [0.3, 0.4) is 0 Å². The molecule has 0 aromatic heterocycles. The minimum atomic E-state index is -0.125. The first-order chi connectivity index (χ1) is 14.2. The largest absolute Gasteiger partial charge is 0.393 e. The molecule has 1 unspecified atom stereocenters. The lowest BCUT2D eigenvalue weighted by Gasteiger charge is -2.71. The van der Waals surface area contributed by atoms with Crippen molar-refractivity contribution in [2.75, 3.05) is 0 Å². The fourth-order valence-corrected chi connectivity index (χ4v) is 10.5. The first-order valence-electron chi connectivity index (χ1n) is 13.6. The van der Waals surface area contributed by atoms with E-state index in [1.165, 1.54) is 57.8 Å². The second kappa shape index (κ2) is 6.43. The maximum Gasteiger partial charge on any atom is 0.0594 e. The molecule has 1 nitrogen and oxygen atoms in total. The van der Waals surface area contributed by atoms with Crippen molar-refractivity contribution in [1.82, 2.24) is 0 Å². The van der Waals surface area contributed by atoms with Crippen LogP contribution in [-0.4, -0.2) is 11.2 Å². The number of hydrogen-bond acceptors (Lipinski definition) is 1. The van der Waals surface area contributed by atoms with E-state index < -0.39 is 0 Å². The third-order valence-electron chi connectivity index (χ3n) is 13.0. The molecular weight excluding hydrogens is 376 g/mol. The van der Waals surface area contributed by atoms with Gasteiger partial charge in [-0.2, -0.15) is 0 Å². The fourth-order valence-electron chi connectivity index (χ4n) is 10.5. The second-order valence-corrected chi connectivity index (χ2v) is 15.2. The summed E-state index contributed by atoms with van der Waals surface area (Å²) in [5.41, 5.74) is 4.09. The molecule has 0 aromatic rings. The predicted octanol–water partition coefficient (Wildman–Crippen LogP) is 8.17. The molecule has 1 heteroatoms. The Morgan fingerprint density at radius 1 is 0.774 bits per heavy atom. The SMILES string of the molecule is CC1(C)CC[C@]2(C)CC[C@]3(C)C(=CC[C@H]4C3(C)CC[C@H]3C(C)(C)[C@@H](O)CC[C@@]34C)[C@@H]2C1. The van der Waals surface area contributed by atoms with Gasteiger partial charge >= 0.3 is 0 Å². The molecule has 8 atom stereocenters. The molecule has 0 amide bonds. The van der Waals surface area contributed by atoms with Gasteiger partial charge in [-0.15, -0.1) is 0 Å². The minimum absolute atomic E-state index is 0.0533. The average molecular weight is 427 g/mol. The molecule has 1 N–H and O–H groups in total. The summed E-state index contributed by atoms with van der Waals surface area (Å²) < 4.78 is 0. The Balaban J connectivity index is 1.57. The van der Waals surface area contributed by atoms with Gasteiger partial charge in [0.25, 0.3) is 0 Å². The summed E-state index contributed by atoms with van der Waals surface area (Å²) in [6.07, 6.45) is 15.9. The molecule has 176 valence electrons. The first kappa shape index (κ1) is 22.5. The van der Waals surface area contributed by atoms with Gasteiger partial charge in [0.05, 0.1) is 6.10 Å². The van der Waals surface area contributed by atoms with Gasteiger partial charge in [0.2, 0.25) is 0 Å². The van der Waals surface area contributed by atoms with E-state index in [2.05, 4.69) is 61.5 Å². The van der Waals surface area contributed by atoms with Crippen LogP contribution < -0.4 is 0 Å². The van der Waals surface area contributed by atoms with Crippen LogP contribution in [-0.2, 0) is 0 Å². The van der Waals surface area contributed by atoms with Crippen molar-refractivity contribution in [3.63, 3.8) is 0 Å². The van der Waals surface area contributed by atoms with Gasteiger partial charge in [-0.1, -0.05) is 67.0 Å². The van der Waals surface area contributed by atoms with Gasteiger partial charge in [0.15, 0.2) is 0 Å². The monoisotopic (exact) mass is 426 g/mol. The van der Waals surface area contributed by atoms with E-state index in [1.807, 2.05) is 5.57 Å². The Kier molecular flexibility index (Phi) is 4.66. The molecule has 5 aliphatic rings. The first-order valence-corrected chi connectivity index (χ1v) is 13.6. The molecule has 0 heterocycles. The Morgan fingerprint density at radius 3 is 2.16 bits per heavy atom. The number of fused-ring (bicyclic) bond motifs is 7. The Morgan fingerprint density at radius 2 is 1.45 bits per heavy atom. The molecule has 4 fully saturated rings. The number of aliphatic hydroxyl groups excluding tert-OH is 1. The summed E-state index contributed by atoms with van der Waals surface area (Å²) in [6.45, 7) is 20.4. The Bertz CT molecular complexity index is 790. The molecule has 5 rings (SSSR count). The highest BCUT2D eigenvalue weighted by molar-refractivity contribution is 5.33. The minimum Gasteiger partial charge on any atom is -0.393 e. The highest BCUT2D eigenvalue weighted by Gasteiger charge is 2.67. The van der Waals surface area contributed by atoms with Crippen LogP contribution in [0.25, 0.3) is 0 Å². The van der Waals surface area contributed by atoms with E-state index in [9.17, 15) is 5.11 Å². The summed E-state index contributed by atoms with van der Waals surface area (Å²) in [4.78, 5) is 0. The van der Waals surface area contributed by atoms with E-state index in [4.69, 9.17) is 0 Å². The Labute approximate surface area is 192 Å². The van der Waals surface area contributed by atoms with Crippen LogP contribution in [0.15, 0.2) is 11.6 Å². The van der Waals surface area contributed by atoms with Gasteiger partial charge in [0.1, 0.15) is 0 Å². The molecule has 0 aromatic carbocycles. The van der Waals surface area contributed by atoms with Gasteiger partial charge in [-0.05, 0) is 114 Å². The van der Waals surface area contributed by atoms with Crippen molar-refractivity contribution in [3.8, 4) is 0 Å². The predicted molar refractivity (Wildman–Crippen MR) is 131 cm³/mol. The van der Waals surface area contributed by atoms with Crippen molar-refractivity contribution >= 4 is 0 Å². The highest BCUT2D eigenvalue weighted by Crippen LogP contribution is 2.75. The second-order valence-electron chi connectivity index (χ2n) is 15.2. The maximum absolute atomic E-state index is 10.9. The van der Waals surface area contributed by atoms with Gasteiger partial charge in [0, 0.05) is 0 Å². The molecule has 31 heavy (non-hydrogen) atoms. The standard InChI is InChI=1S/C30H50O/c1-25(2)15-16-27(5)17-18-29(7)20(21(27)19-25)9-10-23-28(6)13-12-24(31)26(3,4)22(28)11-14-30(23,29)8/h9,21-24,31H,10-19H2,1-8H3/t21-,22-,23+,24-,27+,28-,29+,30?/m0/s1. The van der Waals surface area contributed by atoms with Gasteiger partial charge in [-0.25, -0.2) is 0 Å². The lowest BCUT2D eigenvalue weighted by atomic mass is 9.33. The third kappa shape index (κ3) is 2.77. The van der Waals surface area contributed by atoms with E-state index in [0.717, 1.165) is 18.3 Å². The molecule has 0 radical (unpaired) electrons. The lowest BCUT2D eigenvalue weighted by Crippen LogP contribution is -2.64. The molecular formula is C30H50O. The van der Waals surface area contributed by atoms with Crippen LogP contribution in [0.2, 0.25) is 0 Å². The molecule has 5 aliphatic carbocycles. The Hall–Kier alpha value is -0.300. The van der Waals surface area contributed by atoms with Crippen LogP contribution in [0, 0.1) is 50.2 Å². The van der Waals surface area contributed by atoms with Crippen LogP contribution in [0.5, 0.6) is 0 Å². The van der Waals surface area contributed by atoms with Crippen molar-refractivity contribution in [2.24, 2.45) is 50.2 Å². The fraction of sp³-hybridized carbons (Fsp3) is 0.933. The summed E-state index contributed by atoms with van der Waals surface area (Å²) in [5.74, 6) is 2.21. The summed E-state index contributed by atoms with van der Waals surface area (Å²) >= 11 is 0. The van der Waals surface area contributed by atoms with Crippen LogP contribution >= 0.6 is 0 Å². The van der Waals surface area contributed by atoms with Crippen LogP contribution in [0.4, 0.5) is 0 Å². The topological polar surface area (TPSA) is 20.2 Å². The zero-order valence-electron chi connectivity index (χ0n) is 21.9.